The van der Waals surface area contributed by atoms with Crippen molar-refractivity contribution in [1.82, 2.24) is 24.7 Å². The van der Waals surface area contributed by atoms with Crippen molar-refractivity contribution in [3.63, 3.8) is 0 Å². The highest BCUT2D eigenvalue weighted by molar-refractivity contribution is 7.99. The largest absolute Gasteiger partial charge is 0.339 e. The molecule has 3 heterocycles. The summed E-state index contributed by atoms with van der Waals surface area (Å²) < 4.78 is 1.72. The Kier molecular flexibility index (Phi) is 3.14. The first kappa shape index (κ1) is 11.5. The van der Waals surface area contributed by atoms with Crippen LogP contribution in [0.3, 0.4) is 0 Å². The maximum Gasteiger partial charge on any atom is 0.226 e. The standard InChI is InChI=1S/C11H14N6S/c1-16-10(13-8-14-16)9-2-3-12-11(15-9)17-4-6-18-7-5-17/h2-3,8H,4-7H2,1H3. The van der Waals surface area contributed by atoms with Crippen molar-refractivity contribution in [2.45, 2.75) is 0 Å². The van der Waals surface area contributed by atoms with Gasteiger partial charge in [-0.3, -0.25) is 0 Å². The maximum absolute atomic E-state index is 4.58. The molecule has 0 aromatic carbocycles. The van der Waals surface area contributed by atoms with E-state index in [2.05, 4.69) is 25.0 Å². The van der Waals surface area contributed by atoms with Crippen molar-refractivity contribution >= 4 is 17.7 Å². The molecule has 0 radical (unpaired) electrons. The van der Waals surface area contributed by atoms with Crippen molar-refractivity contribution in [2.75, 3.05) is 29.5 Å². The minimum atomic E-state index is 0.769. The van der Waals surface area contributed by atoms with Gasteiger partial charge in [0, 0.05) is 37.8 Å². The topological polar surface area (TPSA) is 59.7 Å². The molecule has 0 N–H and O–H groups in total. The lowest BCUT2D eigenvalue weighted by atomic mass is 10.4. The van der Waals surface area contributed by atoms with Gasteiger partial charge in [-0.1, -0.05) is 0 Å². The van der Waals surface area contributed by atoms with Crippen LogP contribution in [0.1, 0.15) is 0 Å². The summed E-state index contributed by atoms with van der Waals surface area (Å²) >= 11 is 1.97. The predicted molar refractivity (Wildman–Crippen MR) is 71.6 cm³/mol. The molecule has 1 saturated heterocycles. The minimum Gasteiger partial charge on any atom is -0.339 e. The lowest BCUT2D eigenvalue weighted by molar-refractivity contribution is 0.768. The van der Waals surface area contributed by atoms with E-state index in [-0.39, 0.29) is 0 Å². The third-order valence-corrected chi connectivity index (χ3v) is 3.82. The number of thioether (sulfide) groups is 1. The van der Waals surface area contributed by atoms with Gasteiger partial charge in [-0.15, -0.1) is 0 Å². The zero-order valence-corrected chi connectivity index (χ0v) is 11.0. The van der Waals surface area contributed by atoms with E-state index in [1.165, 1.54) is 6.33 Å². The highest BCUT2D eigenvalue weighted by Crippen LogP contribution is 2.18. The molecule has 0 saturated carbocycles. The Bertz CT molecular complexity index is 534. The summed E-state index contributed by atoms with van der Waals surface area (Å²) in [7, 11) is 1.86. The van der Waals surface area contributed by atoms with E-state index in [4.69, 9.17) is 0 Å². The van der Waals surface area contributed by atoms with Crippen LogP contribution in [0.4, 0.5) is 5.95 Å². The van der Waals surface area contributed by atoms with Gasteiger partial charge in [-0.05, 0) is 6.07 Å². The molecule has 1 aliphatic heterocycles. The molecule has 0 unspecified atom stereocenters. The first-order valence-electron chi connectivity index (χ1n) is 5.85. The van der Waals surface area contributed by atoms with Gasteiger partial charge in [0.15, 0.2) is 5.82 Å². The van der Waals surface area contributed by atoms with E-state index in [0.29, 0.717) is 0 Å². The first-order valence-corrected chi connectivity index (χ1v) is 7.00. The maximum atomic E-state index is 4.58. The Hall–Kier alpha value is -1.63. The van der Waals surface area contributed by atoms with Crippen LogP contribution < -0.4 is 4.90 Å². The fourth-order valence-electron chi connectivity index (χ4n) is 1.92. The van der Waals surface area contributed by atoms with Gasteiger partial charge in [-0.25, -0.2) is 19.6 Å². The average Bonchev–Trinajstić information content (AvgIpc) is 2.86. The molecule has 0 aliphatic carbocycles. The van der Waals surface area contributed by atoms with Crippen LogP contribution in [0.2, 0.25) is 0 Å². The zero-order chi connectivity index (χ0) is 12.4. The van der Waals surface area contributed by atoms with Gasteiger partial charge in [0.05, 0.1) is 0 Å². The second kappa shape index (κ2) is 4.93. The van der Waals surface area contributed by atoms with Crippen molar-refractivity contribution in [2.24, 2.45) is 7.05 Å². The lowest BCUT2D eigenvalue weighted by Gasteiger charge is -2.26. The molecule has 0 bridgehead atoms. The SMILES string of the molecule is Cn1ncnc1-c1ccnc(N2CCSCC2)n1. The van der Waals surface area contributed by atoms with E-state index < -0.39 is 0 Å². The molecular formula is C11H14N6S. The van der Waals surface area contributed by atoms with Crippen LogP contribution in [0, 0.1) is 0 Å². The van der Waals surface area contributed by atoms with E-state index in [1.807, 2.05) is 24.9 Å². The van der Waals surface area contributed by atoms with Crippen LogP contribution in [-0.4, -0.2) is 49.3 Å². The van der Waals surface area contributed by atoms with Crippen LogP contribution in [0.25, 0.3) is 11.5 Å². The number of aryl methyl sites for hydroxylation is 1. The monoisotopic (exact) mass is 262 g/mol. The Morgan fingerprint density at radius 3 is 2.78 bits per heavy atom. The summed E-state index contributed by atoms with van der Waals surface area (Å²) in [5.41, 5.74) is 0.818. The van der Waals surface area contributed by atoms with Crippen molar-refractivity contribution < 1.29 is 0 Å². The van der Waals surface area contributed by atoms with Gasteiger partial charge in [0.1, 0.15) is 12.0 Å². The third-order valence-electron chi connectivity index (χ3n) is 2.88. The van der Waals surface area contributed by atoms with E-state index in [9.17, 15) is 0 Å². The normalized spacial score (nSPS) is 15.9. The highest BCUT2D eigenvalue weighted by Gasteiger charge is 2.15. The van der Waals surface area contributed by atoms with Crippen molar-refractivity contribution in [1.29, 1.82) is 0 Å². The molecule has 94 valence electrons. The Morgan fingerprint density at radius 1 is 1.22 bits per heavy atom. The molecule has 2 aromatic rings. The summed E-state index contributed by atoms with van der Waals surface area (Å²) in [6.07, 6.45) is 3.32. The first-order chi connectivity index (χ1) is 8.84. The summed E-state index contributed by atoms with van der Waals surface area (Å²) in [6.45, 7) is 2.01. The molecule has 0 atom stereocenters. The van der Waals surface area contributed by atoms with E-state index in [0.717, 1.165) is 42.1 Å². The van der Waals surface area contributed by atoms with Gasteiger partial charge >= 0.3 is 0 Å². The summed E-state index contributed by atoms with van der Waals surface area (Å²) in [5, 5.41) is 4.06. The number of aromatic nitrogens is 5. The van der Waals surface area contributed by atoms with Gasteiger partial charge in [0.2, 0.25) is 5.95 Å². The fourth-order valence-corrected chi connectivity index (χ4v) is 2.82. The molecule has 6 nitrogen and oxygen atoms in total. The molecule has 2 aromatic heterocycles. The van der Waals surface area contributed by atoms with Gasteiger partial charge < -0.3 is 4.90 Å². The zero-order valence-electron chi connectivity index (χ0n) is 10.2. The second-order valence-corrected chi connectivity index (χ2v) is 5.27. The van der Waals surface area contributed by atoms with Crippen molar-refractivity contribution in [3.05, 3.63) is 18.6 Å². The predicted octanol–water partition coefficient (Wildman–Crippen LogP) is 0.825. The third kappa shape index (κ3) is 2.17. The van der Waals surface area contributed by atoms with Crippen LogP contribution in [-0.2, 0) is 7.05 Å². The number of rotatable bonds is 2. The second-order valence-electron chi connectivity index (χ2n) is 4.05. The van der Waals surface area contributed by atoms with Crippen molar-refractivity contribution in [3.8, 4) is 11.5 Å². The molecule has 7 heteroatoms. The average molecular weight is 262 g/mol. The van der Waals surface area contributed by atoms with E-state index in [1.54, 1.807) is 10.9 Å². The highest BCUT2D eigenvalue weighted by atomic mass is 32.2. The van der Waals surface area contributed by atoms with E-state index >= 15 is 0 Å². The summed E-state index contributed by atoms with van der Waals surface area (Å²) in [5.74, 6) is 3.83. The number of nitrogens with zero attached hydrogens (tertiary/aromatic N) is 6. The lowest BCUT2D eigenvalue weighted by Crippen LogP contribution is -2.33. The number of hydrogen-bond donors (Lipinski definition) is 0. The minimum absolute atomic E-state index is 0.769. The molecule has 0 amide bonds. The molecule has 1 aliphatic rings. The van der Waals surface area contributed by atoms with Gasteiger partial charge in [0.25, 0.3) is 0 Å². The molecule has 1 fully saturated rings. The summed E-state index contributed by atoms with van der Waals surface area (Å²) in [6, 6.07) is 1.87. The molecule has 0 spiro atoms. The van der Waals surface area contributed by atoms with Crippen LogP contribution in [0.5, 0.6) is 0 Å². The number of hydrogen-bond acceptors (Lipinski definition) is 6. The van der Waals surface area contributed by atoms with Gasteiger partial charge in [-0.2, -0.15) is 16.9 Å². The summed E-state index contributed by atoms with van der Waals surface area (Å²) in [4.78, 5) is 15.4. The molecular weight excluding hydrogens is 248 g/mol. The fraction of sp³-hybridized carbons (Fsp3) is 0.455. The molecule has 3 rings (SSSR count). The Morgan fingerprint density at radius 2 is 2.06 bits per heavy atom. The Balaban J connectivity index is 1.91. The molecule has 18 heavy (non-hydrogen) atoms. The number of anilines is 1. The van der Waals surface area contributed by atoms with Crippen LogP contribution >= 0.6 is 11.8 Å². The quantitative estimate of drug-likeness (QED) is 0.799. The smallest absolute Gasteiger partial charge is 0.226 e. The Labute approximate surface area is 109 Å². The van der Waals surface area contributed by atoms with Crippen LogP contribution in [0.15, 0.2) is 18.6 Å².